The average Bonchev–Trinajstić information content (AvgIpc) is 2.63. The second-order valence-corrected chi connectivity index (χ2v) is 6.10. The molecule has 7 nitrogen and oxygen atoms in total. The van der Waals surface area contributed by atoms with Crippen molar-refractivity contribution in [3.05, 3.63) is 34.7 Å². The highest BCUT2D eigenvalue weighted by atomic mass is 127. The number of carbonyl (C=O) groups is 1. The molecule has 0 fully saturated rings. The Morgan fingerprint density at radius 3 is 2.48 bits per heavy atom. The topological polar surface area (TPSA) is 69.9 Å². The van der Waals surface area contributed by atoms with E-state index < -0.39 is 0 Å². The molecule has 0 unspecified atom stereocenters. The van der Waals surface area contributed by atoms with E-state index in [1.807, 2.05) is 49.9 Å². The fourth-order valence-electron chi connectivity index (χ4n) is 2.65. The Kier molecular flexibility index (Phi) is 13.6. The molecule has 0 spiro atoms. The van der Waals surface area contributed by atoms with Gasteiger partial charge in [-0.25, -0.2) is 0 Å². The summed E-state index contributed by atoms with van der Waals surface area (Å²) in [5.41, 5.74) is 0.0268. The molecule has 1 heterocycles. The summed E-state index contributed by atoms with van der Waals surface area (Å²) >= 11 is 0. The van der Waals surface area contributed by atoms with Crippen molar-refractivity contribution in [1.82, 2.24) is 19.7 Å². The van der Waals surface area contributed by atoms with Gasteiger partial charge < -0.3 is 19.7 Å². The molecule has 8 heteroatoms. The zero-order valence-corrected chi connectivity index (χ0v) is 19.3. The van der Waals surface area contributed by atoms with Crippen molar-refractivity contribution in [2.24, 2.45) is 4.99 Å². The van der Waals surface area contributed by atoms with Crippen LogP contribution >= 0.6 is 24.0 Å². The Morgan fingerprint density at radius 2 is 1.89 bits per heavy atom. The van der Waals surface area contributed by atoms with Crippen LogP contribution in [0, 0.1) is 0 Å². The second-order valence-electron chi connectivity index (χ2n) is 6.10. The summed E-state index contributed by atoms with van der Waals surface area (Å²) in [5, 5.41) is 3.23. The van der Waals surface area contributed by atoms with Crippen LogP contribution in [0.4, 0.5) is 0 Å². The number of hydrogen-bond donors (Lipinski definition) is 1. The van der Waals surface area contributed by atoms with Gasteiger partial charge >= 0.3 is 0 Å². The molecule has 0 saturated carbocycles. The second kappa shape index (κ2) is 14.5. The molecule has 1 aromatic rings. The summed E-state index contributed by atoms with van der Waals surface area (Å²) in [7, 11) is 1.88. The number of nitrogens with one attached hydrogen (secondary N) is 1. The van der Waals surface area contributed by atoms with Crippen LogP contribution in [0.15, 0.2) is 34.2 Å². The number of nitrogens with zero attached hydrogens (tertiary/aromatic N) is 4. The summed E-state index contributed by atoms with van der Waals surface area (Å²) < 4.78 is 1.71. The van der Waals surface area contributed by atoms with Crippen molar-refractivity contribution >= 4 is 35.8 Å². The van der Waals surface area contributed by atoms with E-state index >= 15 is 0 Å². The fraction of sp³-hybridized carbons (Fsp3) is 0.632. The molecule has 1 aromatic heterocycles. The number of aromatic nitrogens is 1. The third-order valence-corrected chi connectivity index (χ3v) is 4.15. The molecule has 27 heavy (non-hydrogen) atoms. The number of aryl methyl sites for hydroxylation is 1. The van der Waals surface area contributed by atoms with E-state index in [1.165, 1.54) is 0 Å². The Hall–Kier alpha value is -1.58. The lowest BCUT2D eigenvalue weighted by Gasteiger charge is -2.25. The van der Waals surface area contributed by atoms with Crippen molar-refractivity contribution in [3.63, 3.8) is 0 Å². The third-order valence-electron chi connectivity index (χ3n) is 4.15. The highest BCUT2D eigenvalue weighted by molar-refractivity contribution is 14.0. The highest BCUT2D eigenvalue weighted by Crippen LogP contribution is 1.97. The smallest absolute Gasteiger partial charge is 0.250 e. The molecule has 0 bridgehead atoms. The van der Waals surface area contributed by atoms with Gasteiger partial charge in [-0.1, -0.05) is 6.07 Å². The predicted octanol–water partition coefficient (Wildman–Crippen LogP) is 2.01. The van der Waals surface area contributed by atoms with Crippen LogP contribution in [0.1, 0.15) is 33.6 Å². The predicted molar refractivity (Wildman–Crippen MR) is 122 cm³/mol. The summed E-state index contributed by atoms with van der Waals surface area (Å²) in [6, 6.07) is 5.19. The van der Waals surface area contributed by atoms with E-state index in [0.717, 1.165) is 38.4 Å². The SMILES string of the molecule is CCNC(=NCCCCn1ccccc1=O)N(C)CC(=O)N(CC)CC.I. The Morgan fingerprint density at radius 1 is 1.19 bits per heavy atom. The van der Waals surface area contributed by atoms with Crippen LogP contribution in [0.25, 0.3) is 0 Å². The van der Waals surface area contributed by atoms with E-state index in [2.05, 4.69) is 10.3 Å². The first kappa shape index (κ1) is 25.4. The van der Waals surface area contributed by atoms with Crippen molar-refractivity contribution in [1.29, 1.82) is 0 Å². The number of likely N-dealkylation sites (N-methyl/N-ethyl adjacent to an activating group) is 2. The number of pyridine rings is 1. The van der Waals surface area contributed by atoms with Crippen molar-refractivity contribution in [2.75, 3.05) is 39.8 Å². The summed E-state index contributed by atoms with van der Waals surface area (Å²) in [6.07, 6.45) is 3.57. The monoisotopic (exact) mass is 491 g/mol. The molecule has 154 valence electrons. The van der Waals surface area contributed by atoms with Crippen LogP contribution < -0.4 is 10.9 Å². The Bertz CT molecular complexity index is 629. The fourth-order valence-corrected chi connectivity index (χ4v) is 2.65. The maximum absolute atomic E-state index is 12.3. The lowest BCUT2D eigenvalue weighted by Crippen LogP contribution is -2.45. The molecule has 0 atom stereocenters. The molecular weight excluding hydrogens is 457 g/mol. The number of guanidine groups is 1. The van der Waals surface area contributed by atoms with Crippen molar-refractivity contribution < 1.29 is 4.79 Å². The molecule has 0 saturated heterocycles. The van der Waals surface area contributed by atoms with Gasteiger partial charge in [0.15, 0.2) is 5.96 Å². The zero-order chi connectivity index (χ0) is 19.4. The number of aliphatic imine (C=N–C) groups is 1. The minimum Gasteiger partial charge on any atom is -0.357 e. The van der Waals surface area contributed by atoms with Gasteiger partial charge in [0.05, 0.1) is 6.54 Å². The van der Waals surface area contributed by atoms with Gasteiger partial charge in [-0.05, 0) is 39.7 Å². The van der Waals surface area contributed by atoms with Crippen LogP contribution in [-0.2, 0) is 11.3 Å². The van der Waals surface area contributed by atoms with Gasteiger partial charge in [0, 0.05) is 52.0 Å². The zero-order valence-electron chi connectivity index (χ0n) is 17.0. The van der Waals surface area contributed by atoms with Crippen LogP contribution in [0.3, 0.4) is 0 Å². The van der Waals surface area contributed by atoms with Crippen molar-refractivity contribution in [3.8, 4) is 0 Å². The molecule has 1 N–H and O–H groups in total. The van der Waals surface area contributed by atoms with Gasteiger partial charge in [-0.15, -0.1) is 24.0 Å². The number of carbonyl (C=O) groups excluding carboxylic acids is 1. The molecular formula is C19H34IN5O2. The number of rotatable bonds is 10. The van der Waals surface area contributed by atoms with E-state index in [1.54, 1.807) is 16.7 Å². The van der Waals surface area contributed by atoms with Crippen LogP contribution in [-0.4, -0.2) is 66.0 Å². The number of halogens is 1. The lowest BCUT2D eigenvalue weighted by molar-refractivity contribution is -0.131. The van der Waals surface area contributed by atoms with Gasteiger partial charge in [0.1, 0.15) is 0 Å². The molecule has 0 aromatic carbocycles. The highest BCUT2D eigenvalue weighted by Gasteiger charge is 2.14. The summed E-state index contributed by atoms with van der Waals surface area (Å²) in [5.74, 6) is 0.844. The van der Waals surface area contributed by atoms with Gasteiger partial charge in [-0.2, -0.15) is 0 Å². The Balaban J connectivity index is 0.00000676. The molecule has 1 amide bonds. The summed E-state index contributed by atoms with van der Waals surface area (Å²) in [6.45, 7) is 9.84. The standard InChI is InChI=1S/C19H33N5O2.HI/c1-5-20-19(22(4)16-18(26)23(6-2)7-3)21-13-9-11-15-24-14-10-8-12-17(24)25;/h8,10,12,14H,5-7,9,11,13,15-16H2,1-4H3,(H,20,21);1H. The quantitative estimate of drug-likeness (QED) is 0.235. The molecule has 1 rings (SSSR count). The minimum absolute atomic E-state index is 0. The molecule has 0 aliphatic rings. The first-order valence-corrected chi connectivity index (χ1v) is 9.46. The Labute approximate surface area is 179 Å². The normalized spacial score (nSPS) is 10.9. The van der Waals surface area contributed by atoms with E-state index in [4.69, 9.17) is 0 Å². The first-order valence-electron chi connectivity index (χ1n) is 9.46. The van der Waals surface area contributed by atoms with Gasteiger partial charge in [0.2, 0.25) is 11.5 Å². The third kappa shape index (κ3) is 9.25. The largest absolute Gasteiger partial charge is 0.357 e. The molecule has 0 aliphatic heterocycles. The maximum Gasteiger partial charge on any atom is 0.250 e. The average molecular weight is 491 g/mol. The van der Waals surface area contributed by atoms with E-state index in [9.17, 15) is 9.59 Å². The first-order chi connectivity index (χ1) is 12.5. The van der Waals surface area contributed by atoms with Gasteiger partial charge in [0.25, 0.3) is 0 Å². The minimum atomic E-state index is 0. The van der Waals surface area contributed by atoms with Crippen molar-refractivity contribution in [2.45, 2.75) is 40.2 Å². The molecule has 0 aliphatic carbocycles. The molecule has 0 radical (unpaired) electrons. The van der Waals surface area contributed by atoms with Crippen LogP contribution in [0.5, 0.6) is 0 Å². The lowest BCUT2D eigenvalue weighted by atomic mass is 10.3. The maximum atomic E-state index is 12.3. The van der Waals surface area contributed by atoms with E-state index in [-0.39, 0.29) is 35.4 Å². The number of hydrogen-bond acceptors (Lipinski definition) is 3. The summed E-state index contributed by atoms with van der Waals surface area (Å²) in [4.78, 5) is 32.2. The van der Waals surface area contributed by atoms with E-state index in [0.29, 0.717) is 19.6 Å². The number of unbranched alkanes of at least 4 members (excludes halogenated alkanes) is 1. The number of amides is 1. The van der Waals surface area contributed by atoms with Crippen LogP contribution in [0.2, 0.25) is 0 Å². The van der Waals surface area contributed by atoms with Gasteiger partial charge in [-0.3, -0.25) is 14.6 Å².